The number of hydrogen-bond donors (Lipinski definition) is 2. The first-order valence-electron chi connectivity index (χ1n) is 6.18. The first-order valence-corrected chi connectivity index (χ1v) is 6.18. The smallest absolute Gasteiger partial charge is 0.135 e. The summed E-state index contributed by atoms with van der Waals surface area (Å²) in [7, 11) is 1.62. The lowest BCUT2D eigenvalue weighted by Gasteiger charge is -2.11. The first kappa shape index (κ1) is 13.1. The predicted octanol–water partition coefficient (Wildman–Crippen LogP) is 2.94. The van der Waals surface area contributed by atoms with Gasteiger partial charge in [0, 0.05) is 23.9 Å². The number of aromatic nitrogens is 1. The van der Waals surface area contributed by atoms with Gasteiger partial charge in [0.1, 0.15) is 11.6 Å². The van der Waals surface area contributed by atoms with Crippen LogP contribution in [0.25, 0.3) is 0 Å². The molecule has 0 unspecified atom stereocenters. The molecule has 0 bridgehead atoms. The van der Waals surface area contributed by atoms with Crippen molar-refractivity contribution in [2.75, 3.05) is 19.0 Å². The van der Waals surface area contributed by atoms with Crippen LogP contribution in [-0.2, 0) is 0 Å². The fourth-order valence-corrected chi connectivity index (χ4v) is 1.85. The van der Waals surface area contributed by atoms with Crippen LogP contribution in [0.1, 0.15) is 18.1 Å². The zero-order valence-electron chi connectivity index (χ0n) is 11.1. The second-order valence-electron chi connectivity index (χ2n) is 4.04. The maximum Gasteiger partial charge on any atom is 0.135 e. The van der Waals surface area contributed by atoms with Crippen LogP contribution < -0.4 is 10.1 Å². The summed E-state index contributed by atoms with van der Waals surface area (Å²) in [5.74, 6) is 1.48. The molecule has 0 radical (unpaired) electrons. The van der Waals surface area contributed by atoms with Crippen LogP contribution in [0.15, 0.2) is 42.6 Å². The van der Waals surface area contributed by atoms with E-state index in [4.69, 9.17) is 10.1 Å². The van der Waals surface area contributed by atoms with Crippen molar-refractivity contribution >= 4 is 11.5 Å². The van der Waals surface area contributed by atoms with E-state index < -0.39 is 0 Å². The van der Waals surface area contributed by atoms with Gasteiger partial charge < -0.3 is 10.1 Å². The van der Waals surface area contributed by atoms with Gasteiger partial charge >= 0.3 is 0 Å². The number of methoxy groups -OCH3 is 1. The van der Waals surface area contributed by atoms with Crippen molar-refractivity contribution in [2.45, 2.75) is 6.92 Å². The van der Waals surface area contributed by atoms with E-state index in [0.29, 0.717) is 5.71 Å². The highest BCUT2D eigenvalue weighted by atomic mass is 16.5. The molecule has 0 fully saturated rings. The summed E-state index contributed by atoms with van der Waals surface area (Å²) in [6.07, 6.45) is 1.72. The lowest BCUT2D eigenvalue weighted by atomic mass is 10.0. The SMILES string of the molecule is CCNc1ncccc1C(=N)c1cccc(OC)c1. The van der Waals surface area contributed by atoms with Crippen molar-refractivity contribution < 1.29 is 4.74 Å². The zero-order valence-corrected chi connectivity index (χ0v) is 11.1. The summed E-state index contributed by atoms with van der Waals surface area (Å²) in [5, 5.41) is 11.5. The molecule has 0 saturated heterocycles. The van der Waals surface area contributed by atoms with Gasteiger partial charge in [0.25, 0.3) is 0 Å². The molecular formula is C15H17N3O. The fourth-order valence-electron chi connectivity index (χ4n) is 1.85. The number of hydrogen-bond acceptors (Lipinski definition) is 4. The molecule has 1 heterocycles. The minimum Gasteiger partial charge on any atom is -0.497 e. The molecule has 1 aromatic carbocycles. The molecule has 0 amide bonds. The summed E-state index contributed by atoms with van der Waals surface area (Å²) in [6.45, 7) is 2.78. The third-order valence-electron chi connectivity index (χ3n) is 2.78. The minimum absolute atomic E-state index is 0.433. The van der Waals surface area contributed by atoms with Gasteiger partial charge in [0.15, 0.2) is 0 Å². The summed E-state index contributed by atoms with van der Waals surface area (Å²) in [4.78, 5) is 4.27. The molecule has 0 saturated carbocycles. The quantitative estimate of drug-likeness (QED) is 0.808. The molecule has 98 valence electrons. The van der Waals surface area contributed by atoms with Crippen LogP contribution >= 0.6 is 0 Å². The molecule has 19 heavy (non-hydrogen) atoms. The number of rotatable bonds is 5. The number of anilines is 1. The molecule has 2 rings (SSSR count). The Labute approximate surface area is 113 Å². The normalized spacial score (nSPS) is 10.0. The van der Waals surface area contributed by atoms with Crippen molar-refractivity contribution in [3.8, 4) is 5.75 Å². The molecule has 0 aliphatic rings. The molecule has 1 aromatic heterocycles. The Balaban J connectivity index is 2.38. The number of nitrogens with zero attached hydrogens (tertiary/aromatic N) is 1. The Morgan fingerprint density at radius 2 is 2.16 bits per heavy atom. The lowest BCUT2D eigenvalue weighted by molar-refractivity contribution is 0.414. The average molecular weight is 255 g/mol. The van der Waals surface area contributed by atoms with Gasteiger partial charge in [-0.05, 0) is 31.2 Å². The Bertz CT molecular complexity index is 581. The van der Waals surface area contributed by atoms with Crippen LogP contribution in [0.5, 0.6) is 5.75 Å². The maximum atomic E-state index is 8.33. The van der Waals surface area contributed by atoms with Crippen molar-refractivity contribution in [1.29, 1.82) is 5.41 Å². The van der Waals surface area contributed by atoms with E-state index in [0.717, 1.165) is 29.2 Å². The highest BCUT2D eigenvalue weighted by molar-refractivity contribution is 6.13. The second kappa shape index (κ2) is 6.00. The Hall–Kier alpha value is -2.36. The number of pyridine rings is 1. The van der Waals surface area contributed by atoms with E-state index in [9.17, 15) is 0 Å². The van der Waals surface area contributed by atoms with Crippen LogP contribution in [-0.4, -0.2) is 24.4 Å². The van der Waals surface area contributed by atoms with Crippen molar-refractivity contribution in [3.05, 3.63) is 53.7 Å². The predicted molar refractivity (Wildman–Crippen MR) is 77.3 cm³/mol. The van der Waals surface area contributed by atoms with E-state index >= 15 is 0 Å². The summed E-state index contributed by atoms with van der Waals surface area (Å²) < 4.78 is 5.19. The summed E-state index contributed by atoms with van der Waals surface area (Å²) >= 11 is 0. The van der Waals surface area contributed by atoms with E-state index in [1.165, 1.54) is 0 Å². The van der Waals surface area contributed by atoms with Gasteiger partial charge in [-0.2, -0.15) is 0 Å². The van der Waals surface area contributed by atoms with Gasteiger partial charge in [-0.1, -0.05) is 12.1 Å². The van der Waals surface area contributed by atoms with Gasteiger partial charge in [0.05, 0.1) is 12.8 Å². The zero-order chi connectivity index (χ0) is 13.7. The number of benzene rings is 1. The van der Waals surface area contributed by atoms with Crippen molar-refractivity contribution in [2.24, 2.45) is 0 Å². The molecular weight excluding hydrogens is 238 g/mol. The molecule has 4 heteroatoms. The van der Waals surface area contributed by atoms with Gasteiger partial charge in [-0.3, -0.25) is 5.41 Å². The van der Waals surface area contributed by atoms with Crippen LogP contribution in [0, 0.1) is 5.41 Å². The standard InChI is InChI=1S/C15H17N3O/c1-3-17-15-13(8-5-9-18-15)14(16)11-6-4-7-12(10-11)19-2/h4-10,16H,3H2,1-2H3,(H,17,18). The Kier molecular flexibility index (Phi) is 4.13. The van der Waals surface area contributed by atoms with E-state index in [-0.39, 0.29) is 0 Å². The van der Waals surface area contributed by atoms with Crippen LogP contribution in [0.3, 0.4) is 0 Å². The third-order valence-corrected chi connectivity index (χ3v) is 2.78. The van der Waals surface area contributed by atoms with E-state index in [1.807, 2.05) is 43.3 Å². The highest BCUT2D eigenvalue weighted by Gasteiger charge is 2.10. The number of nitrogens with one attached hydrogen (secondary N) is 2. The first-order chi connectivity index (χ1) is 9.26. The maximum absolute atomic E-state index is 8.33. The molecule has 0 aliphatic heterocycles. The second-order valence-corrected chi connectivity index (χ2v) is 4.04. The molecule has 2 N–H and O–H groups in total. The minimum atomic E-state index is 0.433. The highest BCUT2D eigenvalue weighted by Crippen LogP contribution is 2.19. The molecule has 0 aliphatic carbocycles. The Morgan fingerprint density at radius 1 is 1.32 bits per heavy atom. The molecule has 0 atom stereocenters. The lowest BCUT2D eigenvalue weighted by Crippen LogP contribution is -2.09. The average Bonchev–Trinajstić information content (AvgIpc) is 2.47. The number of ether oxygens (including phenoxy) is 1. The summed E-state index contributed by atoms with van der Waals surface area (Å²) in [5.41, 5.74) is 2.03. The fraction of sp³-hybridized carbons (Fsp3) is 0.200. The van der Waals surface area contributed by atoms with Crippen molar-refractivity contribution in [1.82, 2.24) is 4.98 Å². The van der Waals surface area contributed by atoms with Crippen molar-refractivity contribution in [3.63, 3.8) is 0 Å². The third kappa shape index (κ3) is 2.91. The Morgan fingerprint density at radius 3 is 2.89 bits per heavy atom. The van der Waals surface area contributed by atoms with Gasteiger partial charge in [0.2, 0.25) is 0 Å². The summed E-state index contributed by atoms with van der Waals surface area (Å²) in [6, 6.07) is 11.2. The molecule has 2 aromatic rings. The van der Waals surface area contributed by atoms with Crippen LogP contribution in [0.2, 0.25) is 0 Å². The van der Waals surface area contributed by atoms with Gasteiger partial charge in [-0.15, -0.1) is 0 Å². The van der Waals surface area contributed by atoms with E-state index in [1.54, 1.807) is 13.3 Å². The van der Waals surface area contributed by atoms with Crippen LogP contribution in [0.4, 0.5) is 5.82 Å². The molecule has 4 nitrogen and oxygen atoms in total. The molecule has 0 spiro atoms. The van der Waals surface area contributed by atoms with Gasteiger partial charge in [-0.25, -0.2) is 4.98 Å². The monoisotopic (exact) mass is 255 g/mol. The largest absolute Gasteiger partial charge is 0.497 e. The van der Waals surface area contributed by atoms with E-state index in [2.05, 4.69) is 10.3 Å². The topological polar surface area (TPSA) is 58.0 Å².